The third-order valence-corrected chi connectivity index (χ3v) is 8.38. The predicted octanol–water partition coefficient (Wildman–Crippen LogP) is 6.02. The number of amides is 1. The quantitative estimate of drug-likeness (QED) is 0.244. The molecule has 11 heteroatoms. The van der Waals surface area contributed by atoms with Gasteiger partial charge in [0.1, 0.15) is 17.0 Å². The van der Waals surface area contributed by atoms with Gasteiger partial charge < -0.3 is 0 Å². The smallest absolute Gasteiger partial charge is 0.238 e. The molecule has 0 spiro atoms. The maximum Gasteiger partial charge on any atom is 0.238 e. The lowest BCUT2D eigenvalue weighted by atomic mass is 10.1. The standard InChI is InChI=1S/C25H17FN6OS3/c1-31(24-28-19(12-35-24)16-5-3-2-4-6-16)20(33)13-36-25-30-29-22-21-18(15-7-9-17(26)10-8-15)11-34-23(21)27-14-32(22)25/h2-12,14H,13H2,1H3. The summed E-state index contributed by atoms with van der Waals surface area (Å²) < 4.78 is 15.2. The molecule has 1 amide bonds. The summed E-state index contributed by atoms with van der Waals surface area (Å²) in [5, 5.41) is 14.7. The molecule has 4 heterocycles. The second-order valence-electron chi connectivity index (χ2n) is 7.88. The van der Waals surface area contributed by atoms with E-state index in [1.165, 1.54) is 46.6 Å². The number of fused-ring (bicyclic) bond motifs is 3. The second-order valence-corrected chi connectivity index (χ2v) is 10.5. The number of benzene rings is 2. The summed E-state index contributed by atoms with van der Waals surface area (Å²) in [7, 11) is 1.73. The van der Waals surface area contributed by atoms with Crippen LogP contribution in [0, 0.1) is 5.82 Å². The number of thiophene rings is 1. The second kappa shape index (κ2) is 9.41. The van der Waals surface area contributed by atoms with Crippen LogP contribution >= 0.6 is 34.4 Å². The monoisotopic (exact) mass is 532 g/mol. The average molecular weight is 533 g/mol. The van der Waals surface area contributed by atoms with Crippen molar-refractivity contribution in [3.63, 3.8) is 0 Å². The molecule has 0 radical (unpaired) electrons. The maximum absolute atomic E-state index is 13.4. The van der Waals surface area contributed by atoms with Gasteiger partial charge in [0.15, 0.2) is 15.9 Å². The first-order valence-electron chi connectivity index (χ1n) is 10.9. The molecule has 0 bridgehead atoms. The zero-order valence-corrected chi connectivity index (χ0v) is 21.3. The van der Waals surface area contributed by atoms with Crippen molar-refractivity contribution >= 4 is 61.3 Å². The van der Waals surface area contributed by atoms with Crippen LogP contribution in [0.15, 0.2) is 76.8 Å². The Kier molecular flexibility index (Phi) is 5.96. The molecule has 0 saturated carbocycles. The summed E-state index contributed by atoms with van der Waals surface area (Å²) in [6.45, 7) is 0. The van der Waals surface area contributed by atoms with E-state index in [9.17, 15) is 9.18 Å². The van der Waals surface area contributed by atoms with E-state index in [2.05, 4.69) is 20.2 Å². The average Bonchev–Trinajstić information content (AvgIpc) is 3.66. The number of anilines is 1. The number of hydrogen-bond donors (Lipinski definition) is 0. The number of thioether (sulfide) groups is 1. The Morgan fingerprint density at radius 3 is 2.64 bits per heavy atom. The van der Waals surface area contributed by atoms with Crippen LogP contribution in [-0.2, 0) is 4.79 Å². The van der Waals surface area contributed by atoms with Crippen molar-refractivity contribution in [2.75, 3.05) is 17.7 Å². The zero-order chi connectivity index (χ0) is 24.6. The number of nitrogens with zero attached hydrogens (tertiary/aromatic N) is 6. The van der Waals surface area contributed by atoms with Crippen molar-refractivity contribution in [2.45, 2.75) is 5.16 Å². The fraction of sp³-hybridized carbons (Fsp3) is 0.0800. The third-order valence-electron chi connectivity index (χ3n) is 5.65. The van der Waals surface area contributed by atoms with Crippen molar-refractivity contribution in [3.05, 3.63) is 77.5 Å². The SMILES string of the molecule is CN(C(=O)CSc1nnc2c3c(-c4ccc(F)cc4)csc3ncn12)c1nc(-c2ccccc2)cs1. The molecule has 0 saturated heterocycles. The molecule has 0 fully saturated rings. The molecular weight excluding hydrogens is 516 g/mol. The molecule has 0 aliphatic heterocycles. The fourth-order valence-corrected chi connectivity index (χ4v) is 6.30. The lowest BCUT2D eigenvalue weighted by Crippen LogP contribution is -2.27. The number of aromatic nitrogens is 5. The maximum atomic E-state index is 13.4. The third kappa shape index (κ3) is 4.15. The summed E-state index contributed by atoms with van der Waals surface area (Å²) in [5.41, 5.74) is 4.30. The first-order valence-corrected chi connectivity index (χ1v) is 13.6. The number of rotatable bonds is 6. The Balaban J connectivity index is 1.23. The van der Waals surface area contributed by atoms with E-state index in [0.29, 0.717) is 15.9 Å². The molecular formula is C25H17FN6OS3. The van der Waals surface area contributed by atoms with Gasteiger partial charge in [-0.05, 0) is 17.7 Å². The van der Waals surface area contributed by atoms with Gasteiger partial charge in [0.05, 0.1) is 16.8 Å². The van der Waals surface area contributed by atoms with Gasteiger partial charge in [-0.1, -0.05) is 54.2 Å². The van der Waals surface area contributed by atoms with Gasteiger partial charge in [0, 0.05) is 28.9 Å². The number of thiazole rings is 1. The molecule has 0 unspecified atom stereocenters. The van der Waals surface area contributed by atoms with Gasteiger partial charge >= 0.3 is 0 Å². The van der Waals surface area contributed by atoms with Gasteiger partial charge in [-0.15, -0.1) is 32.9 Å². The van der Waals surface area contributed by atoms with Crippen LogP contribution in [0.3, 0.4) is 0 Å². The van der Waals surface area contributed by atoms with Crippen LogP contribution in [0.5, 0.6) is 0 Å². The van der Waals surface area contributed by atoms with Crippen molar-refractivity contribution in [1.29, 1.82) is 0 Å². The summed E-state index contributed by atoms with van der Waals surface area (Å²) >= 11 is 4.22. The first-order chi connectivity index (χ1) is 17.6. The number of halogens is 1. The number of carbonyl (C=O) groups is 1. The normalized spacial score (nSPS) is 11.4. The highest BCUT2D eigenvalue weighted by Gasteiger charge is 2.19. The number of hydrogen-bond acceptors (Lipinski definition) is 8. The highest BCUT2D eigenvalue weighted by molar-refractivity contribution is 7.99. The van der Waals surface area contributed by atoms with E-state index in [-0.39, 0.29) is 17.5 Å². The molecule has 2 aromatic carbocycles. The van der Waals surface area contributed by atoms with E-state index >= 15 is 0 Å². The lowest BCUT2D eigenvalue weighted by Gasteiger charge is -2.13. The van der Waals surface area contributed by atoms with E-state index in [4.69, 9.17) is 0 Å². The van der Waals surface area contributed by atoms with Gasteiger partial charge in [-0.2, -0.15) is 0 Å². The molecule has 0 N–H and O–H groups in total. The highest BCUT2D eigenvalue weighted by atomic mass is 32.2. The van der Waals surface area contributed by atoms with Crippen LogP contribution < -0.4 is 4.90 Å². The Morgan fingerprint density at radius 1 is 1.03 bits per heavy atom. The van der Waals surface area contributed by atoms with Crippen molar-refractivity contribution < 1.29 is 9.18 Å². The van der Waals surface area contributed by atoms with E-state index < -0.39 is 0 Å². The Bertz CT molecular complexity index is 1690. The van der Waals surface area contributed by atoms with Gasteiger partial charge in [0.2, 0.25) is 5.91 Å². The Hall–Kier alpha value is -3.67. The molecule has 0 atom stereocenters. The van der Waals surface area contributed by atoms with Gasteiger partial charge in [0.25, 0.3) is 0 Å². The molecule has 6 rings (SSSR count). The van der Waals surface area contributed by atoms with Crippen LogP contribution in [0.2, 0.25) is 0 Å². The van der Waals surface area contributed by atoms with Crippen molar-refractivity contribution in [3.8, 4) is 22.4 Å². The van der Waals surface area contributed by atoms with Gasteiger partial charge in [-0.25, -0.2) is 14.4 Å². The molecule has 178 valence electrons. The minimum atomic E-state index is -0.286. The van der Waals surface area contributed by atoms with Crippen molar-refractivity contribution in [1.82, 2.24) is 24.6 Å². The van der Waals surface area contributed by atoms with E-state index in [0.717, 1.165) is 32.6 Å². The van der Waals surface area contributed by atoms with Crippen LogP contribution in [0.25, 0.3) is 38.2 Å². The van der Waals surface area contributed by atoms with Crippen molar-refractivity contribution in [2.24, 2.45) is 0 Å². The minimum absolute atomic E-state index is 0.0951. The van der Waals surface area contributed by atoms with Crippen LogP contribution in [-0.4, -0.2) is 43.3 Å². The molecule has 7 nitrogen and oxygen atoms in total. The molecule has 6 aromatic rings. The molecule has 0 aliphatic rings. The van der Waals surface area contributed by atoms with Crippen LogP contribution in [0.1, 0.15) is 0 Å². The molecule has 0 aliphatic carbocycles. The summed E-state index contributed by atoms with van der Waals surface area (Å²) in [4.78, 5) is 24.5. The largest absolute Gasteiger partial charge is 0.291 e. The zero-order valence-electron chi connectivity index (χ0n) is 18.8. The first kappa shape index (κ1) is 22.8. The summed E-state index contributed by atoms with van der Waals surface area (Å²) in [6.07, 6.45) is 1.67. The summed E-state index contributed by atoms with van der Waals surface area (Å²) in [6, 6.07) is 16.2. The predicted molar refractivity (Wildman–Crippen MR) is 143 cm³/mol. The summed E-state index contributed by atoms with van der Waals surface area (Å²) in [5.74, 6) is -0.210. The molecule has 4 aromatic heterocycles. The highest BCUT2D eigenvalue weighted by Crippen LogP contribution is 2.36. The Morgan fingerprint density at radius 2 is 1.83 bits per heavy atom. The van der Waals surface area contributed by atoms with E-state index in [1.807, 2.05) is 41.1 Å². The van der Waals surface area contributed by atoms with Crippen LogP contribution in [0.4, 0.5) is 9.52 Å². The fourth-order valence-electron chi connectivity index (χ4n) is 3.75. The lowest BCUT2D eigenvalue weighted by molar-refractivity contribution is -0.115. The number of carbonyl (C=O) groups excluding carboxylic acids is 1. The molecule has 36 heavy (non-hydrogen) atoms. The van der Waals surface area contributed by atoms with E-state index in [1.54, 1.807) is 34.8 Å². The topological polar surface area (TPSA) is 76.3 Å². The Labute approximate surface area is 217 Å². The minimum Gasteiger partial charge on any atom is -0.291 e. The van der Waals surface area contributed by atoms with Gasteiger partial charge in [-0.3, -0.25) is 14.1 Å².